The molecule has 0 radical (unpaired) electrons. The van der Waals surface area contributed by atoms with Crippen LogP contribution in [0.15, 0.2) is 0 Å². The van der Waals surface area contributed by atoms with E-state index in [-0.39, 0.29) is 25.7 Å². The maximum atomic E-state index is 13.2. The van der Waals surface area contributed by atoms with Gasteiger partial charge in [0.15, 0.2) is 12.2 Å². The zero-order chi connectivity index (χ0) is 77.9. The molecule has 0 aliphatic rings. The summed E-state index contributed by atoms with van der Waals surface area (Å²) in [5, 5.41) is 10.7. The van der Waals surface area contributed by atoms with Crippen LogP contribution in [0.4, 0.5) is 0 Å². The van der Waals surface area contributed by atoms with Crippen molar-refractivity contribution in [1.29, 1.82) is 0 Å². The minimum atomic E-state index is -4.97. The van der Waals surface area contributed by atoms with Crippen molar-refractivity contribution >= 4 is 39.5 Å². The quantitative estimate of drug-likeness (QED) is 0.0222. The number of aliphatic hydroxyl groups excluding tert-OH is 1. The molecule has 17 nitrogen and oxygen atoms in total. The molecular weight excluding hydrogens is 1380 g/mol. The third kappa shape index (κ3) is 77.4. The number of esters is 4. The Balaban J connectivity index is 5.21. The molecule has 0 saturated carbocycles. The molecule has 0 heterocycles. The van der Waals surface area contributed by atoms with Crippen molar-refractivity contribution in [1.82, 2.24) is 0 Å². The number of hydrogen-bond acceptors (Lipinski definition) is 15. The first kappa shape index (κ1) is 104. The van der Waals surface area contributed by atoms with Crippen molar-refractivity contribution in [2.75, 3.05) is 39.6 Å². The third-order valence-electron chi connectivity index (χ3n) is 21.1. The summed E-state index contributed by atoms with van der Waals surface area (Å²) in [7, 11) is -9.93. The van der Waals surface area contributed by atoms with Crippen LogP contribution in [0.3, 0.4) is 0 Å². The Bertz CT molecular complexity index is 2050. The molecule has 0 aliphatic carbocycles. The molecule has 0 bridgehead atoms. The highest BCUT2D eigenvalue weighted by Gasteiger charge is 2.31. The highest BCUT2D eigenvalue weighted by atomic mass is 31.2. The van der Waals surface area contributed by atoms with Gasteiger partial charge in [-0.15, -0.1) is 0 Å². The van der Waals surface area contributed by atoms with Crippen LogP contribution in [0.1, 0.15) is 459 Å². The van der Waals surface area contributed by atoms with Gasteiger partial charge in [-0.2, -0.15) is 0 Å². The predicted octanol–water partition coefficient (Wildman–Crippen LogP) is 26.5. The van der Waals surface area contributed by atoms with Gasteiger partial charge in [0.25, 0.3) is 0 Å². The minimum Gasteiger partial charge on any atom is -0.462 e. The summed E-state index contributed by atoms with van der Waals surface area (Å²) in [6.45, 7) is 12.0. The molecule has 3 N–H and O–H groups in total. The van der Waals surface area contributed by atoms with Gasteiger partial charge in [0.1, 0.15) is 19.3 Å². The number of hydrogen-bond donors (Lipinski definition) is 3. The molecule has 4 unspecified atom stereocenters. The van der Waals surface area contributed by atoms with E-state index in [1.54, 1.807) is 0 Å². The number of carbonyl (C=O) groups excluding carboxylic acids is 4. The van der Waals surface area contributed by atoms with Gasteiger partial charge in [-0.3, -0.25) is 37.3 Å². The first-order chi connectivity index (χ1) is 51.3. The van der Waals surface area contributed by atoms with Crippen molar-refractivity contribution in [2.45, 2.75) is 478 Å². The summed E-state index contributed by atoms with van der Waals surface area (Å²) in [5.74, 6) is 0.320. The van der Waals surface area contributed by atoms with Crippen molar-refractivity contribution < 1.29 is 80.2 Å². The molecule has 0 spiro atoms. The van der Waals surface area contributed by atoms with Gasteiger partial charge < -0.3 is 33.8 Å². The largest absolute Gasteiger partial charge is 0.472 e. The van der Waals surface area contributed by atoms with Crippen LogP contribution in [-0.4, -0.2) is 96.7 Å². The van der Waals surface area contributed by atoms with Crippen molar-refractivity contribution in [3.05, 3.63) is 0 Å². The standard InChI is InChI=1S/C87H170O17P2/c1-8-11-12-13-14-15-16-29-37-42-47-56-63-70-87(92)104-83(75-98-85(90)69-62-55-50-49-53-60-67-80(7)10-3)77-102-106(95,96)100-73-81(88)72-99-105(93,94)101-76-82(74-97-84(89)68-61-54-46-41-36-32-27-23-19-17-21-25-30-34-39-44-51-58-65-78(4)5)103-86(91)71-64-57-48-43-38-33-28-24-20-18-22-26-31-35-40-45-52-59-66-79(6)9-2/h78-83,88H,8-77H2,1-7H3,(H,93,94)(H,95,96)/t79?,80?,81-,82-,83-/m1/s1. The van der Waals surface area contributed by atoms with E-state index < -0.39 is 97.5 Å². The van der Waals surface area contributed by atoms with Crippen molar-refractivity contribution in [3.8, 4) is 0 Å². The first-order valence-corrected chi connectivity index (χ1v) is 47.9. The monoisotopic (exact) mass is 1550 g/mol. The Labute approximate surface area is 651 Å². The second-order valence-electron chi connectivity index (χ2n) is 32.2. The maximum absolute atomic E-state index is 13.2. The van der Waals surface area contributed by atoms with Gasteiger partial charge in [0, 0.05) is 25.7 Å². The Morgan fingerprint density at radius 1 is 0.274 bits per heavy atom. The smallest absolute Gasteiger partial charge is 0.462 e. The average molecular weight is 1550 g/mol. The van der Waals surface area contributed by atoms with E-state index >= 15 is 0 Å². The van der Waals surface area contributed by atoms with E-state index in [4.69, 9.17) is 37.0 Å². The van der Waals surface area contributed by atoms with E-state index in [2.05, 4.69) is 48.5 Å². The second kappa shape index (κ2) is 77.0. The summed E-state index contributed by atoms with van der Waals surface area (Å²) >= 11 is 0. The van der Waals surface area contributed by atoms with Crippen LogP contribution in [0.25, 0.3) is 0 Å². The van der Waals surface area contributed by atoms with Gasteiger partial charge in [-0.05, 0) is 43.4 Å². The number of phosphoric acid groups is 2. The van der Waals surface area contributed by atoms with Crippen LogP contribution in [0, 0.1) is 17.8 Å². The number of ether oxygens (including phenoxy) is 4. The lowest BCUT2D eigenvalue weighted by Crippen LogP contribution is -2.30. The molecule has 0 fully saturated rings. The molecule has 0 aliphatic heterocycles. The molecule has 0 rings (SSSR count). The Kier molecular flexibility index (Phi) is 75.6. The van der Waals surface area contributed by atoms with Gasteiger partial charge in [0.2, 0.25) is 0 Å². The van der Waals surface area contributed by atoms with E-state index in [1.165, 1.54) is 263 Å². The summed E-state index contributed by atoms with van der Waals surface area (Å²) in [5.41, 5.74) is 0. The lowest BCUT2D eigenvalue weighted by Gasteiger charge is -2.21. The molecule has 630 valence electrons. The summed E-state index contributed by atoms with van der Waals surface area (Å²) < 4.78 is 68.9. The van der Waals surface area contributed by atoms with Crippen LogP contribution in [0.5, 0.6) is 0 Å². The zero-order valence-electron chi connectivity index (χ0n) is 69.9. The molecule has 19 heteroatoms. The van der Waals surface area contributed by atoms with Crippen LogP contribution >= 0.6 is 15.6 Å². The van der Waals surface area contributed by atoms with Crippen molar-refractivity contribution in [3.63, 3.8) is 0 Å². The molecule has 0 aromatic rings. The fourth-order valence-electron chi connectivity index (χ4n) is 13.5. The van der Waals surface area contributed by atoms with E-state index in [1.807, 2.05) is 0 Å². The Hall–Kier alpha value is -1.94. The van der Waals surface area contributed by atoms with Crippen LogP contribution in [-0.2, 0) is 65.4 Å². The second-order valence-corrected chi connectivity index (χ2v) is 35.1. The number of aliphatic hydroxyl groups is 1. The van der Waals surface area contributed by atoms with E-state index in [9.17, 15) is 43.2 Å². The van der Waals surface area contributed by atoms with Crippen LogP contribution in [0.2, 0.25) is 0 Å². The SMILES string of the molecule is CCCCCCCCCCCCCCCC(=O)O[C@H](COC(=O)CCCCCCCCC(C)CC)COP(=O)(O)OC[C@H](O)COP(=O)(O)OC[C@@H](COC(=O)CCCCCCCCCCCCCCCCCCCCC(C)C)OC(=O)CCCCCCCCCCCCCCCCCCCCC(C)CC. The predicted molar refractivity (Wildman–Crippen MR) is 437 cm³/mol. The molecule has 0 aromatic carbocycles. The van der Waals surface area contributed by atoms with Gasteiger partial charge >= 0.3 is 39.5 Å². The minimum absolute atomic E-state index is 0.107. The Morgan fingerprint density at radius 3 is 0.717 bits per heavy atom. The lowest BCUT2D eigenvalue weighted by atomic mass is 9.99. The third-order valence-corrected chi connectivity index (χ3v) is 23.0. The highest BCUT2D eigenvalue weighted by Crippen LogP contribution is 2.45. The topological polar surface area (TPSA) is 237 Å². The van der Waals surface area contributed by atoms with E-state index in [0.29, 0.717) is 25.7 Å². The number of unbranched alkanes of at least 4 members (excludes halogenated alkanes) is 51. The maximum Gasteiger partial charge on any atom is 0.472 e. The summed E-state index contributed by atoms with van der Waals surface area (Å²) in [4.78, 5) is 73.2. The van der Waals surface area contributed by atoms with E-state index in [0.717, 1.165) is 114 Å². The molecule has 0 saturated heterocycles. The summed E-state index contributed by atoms with van der Waals surface area (Å²) in [6, 6.07) is 0. The fraction of sp³-hybridized carbons (Fsp3) is 0.954. The zero-order valence-corrected chi connectivity index (χ0v) is 71.7. The first-order valence-electron chi connectivity index (χ1n) is 44.9. The summed E-state index contributed by atoms with van der Waals surface area (Å²) in [6.07, 6.45) is 68.1. The average Bonchev–Trinajstić information content (AvgIpc) is 0.909. The normalized spacial score (nSPS) is 14.4. The van der Waals surface area contributed by atoms with Crippen molar-refractivity contribution in [2.24, 2.45) is 17.8 Å². The fourth-order valence-corrected chi connectivity index (χ4v) is 15.1. The molecule has 0 aromatic heterocycles. The molecule has 106 heavy (non-hydrogen) atoms. The highest BCUT2D eigenvalue weighted by molar-refractivity contribution is 7.47. The molecular formula is C87H170O17P2. The number of carbonyl (C=O) groups is 4. The lowest BCUT2D eigenvalue weighted by molar-refractivity contribution is -0.161. The molecule has 0 amide bonds. The number of rotatable bonds is 85. The van der Waals surface area contributed by atoms with Gasteiger partial charge in [-0.25, -0.2) is 9.13 Å². The Morgan fingerprint density at radius 2 is 0.481 bits per heavy atom. The van der Waals surface area contributed by atoms with Gasteiger partial charge in [0.05, 0.1) is 26.4 Å². The molecule has 7 atom stereocenters. The van der Waals surface area contributed by atoms with Gasteiger partial charge in [-0.1, -0.05) is 408 Å². The van der Waals surface area contributed by atoms with Crippen LogP contribution < -0.4 is 0 Å². The number of phosphoric ester groups is 2.